The number of terminal acetylenes is 1. The quantitative estimate of drug-likeness (QED) is 0.480. The van der Waals surface area contributed by atoms with E-state index in [9.17, 15) is 4.79 Å². The molecule has 2 atom stereocenters. The van der Waals surface area contributed by atoms with Gasteiger partial charge in [0.2, 0.25) is 5.95 Å². The van der Waals surface area contributed by atoms with Crippen molar-refractivity contribution >= 4 is 28.8 Å². The van der Waals surface area contributed by atoms with Gasteiger partial charge in [-0.15, -0.1) is 12.3 Å². The lowest BCUT2D eigenvalue weighted by Gasteiger charge is -2.16. The molecule has 1 amide bonds. The Morgan fingerprint density at radius 3 is 2.61 bits per heavy atom. The van der Waals surface area contributed by atoms with Gasteiger partial charge in [-0.2, -0.15) is 9.97 Å². The van der Waals surface area contributed by atoms with Crippen LogP contribution < -0.4 is 16.8 Å². The molecule has 0 aliphatic carbocycles. The molecule has 2 aromatic heterocycles. The predicted molar refractivity (Wildman–Crippen MR) is 122 cm³/mol. The van der Waals surface area contributed by atoms with Crippen LogP contribution >= 0.6 is 0 Å². The van der Waals surface area contributed by atoms with Gasteiger partial charge in [-0.1, -0.05) is 25.5 Å². The lowest BCUT2D eigenvalue weighted by molar-refractivity contribution is 0.0938. The first kappa shape index (κ1) is 22.0. The fourth-order valence-electron chi connectivity index (χ4n) is 3.50. The van der Waals surface area contributed by atoms with Gasteiger partial charge in [0.1, 0.15) is 0 Å². The van der Waals surface area contributed by atoms with E-state index in [-0.39, 0.29) is 29.6 Å². The number of carbonyl (C=O) groups is 1. The van der Waals surface area contributed by atoms with E-state index in [0.717, 1.165) is 24.1 Å². The van der Waals surface area contributed by atoms with Crippen LogP contribution in [0.1, 0.15) is 60.6 Å². The van der Waals surface area contributed by atoms with Crippen LogP contribution in [-0.4, -0.2) is 31.9 Å². The molecule has 0 bridgehead atoms. The van der Waals surface area contributed by atoms with Gasteiger partial charge in [-0.3, -0.25) is 4.79 Å². The zero-order valence-electron chi connectivity index (χ0n) is 17.8. The number of aromatic nitrogens is 4. The second-order valence-electron chi connectivity index (χ2n) is 7.60. The molecule has 0 spiro atoms. The summed E-state index contributed by atoms with van der Waals surface area (Å²) >= 11 is 0. The fourth-order valence-corrected chi connectivity index (χ4v) is 3.50. The van der Waals surface area contributed by atoms with Gasteiger partial charge in [0.05, 0.1) is 11.9 Å². The number of carbonyl (C=O) groups excluding carboxylic acids is 1. The molecular weight excluding hydrogens is 390 g/mol. The smallest absolute Gasteiger partial charge is 0.251 e. The van der Waals surface area contributed by atoms with Crippen LogP contribution in [0.2, 0.25) is 0 Å². The summed E-state index contributed by atoms with van der Waals surface area (Å²) < 4.78 is 0. The van der Waals surface area contributed by atoms with Gasteiger partial charge in [0.15, 0.2) is 17.0 Å². The molecule has 2 heterocycles. The number of nitrogen functional groups attached to an aromatic ring is 2. The van der Waals surface area contributed by atoms with E-state index < -0.39 is 0 Å². The van der Waals surface area contributed by atoms with Crippen molar-refractivity contribution in [3.63, 3.8) is 0 Å². The molecule has 0 saturated heterocycles. The third-order valence-electron chi connectivity index (χ3n) is 5.06. The van der Waals surface area contributed by atoms with Gasteiger partial charge < -0.3 is 16.8 Å². The first-order valence-corrected chi connectivity index (χ1v) is 10.3. The van der Waals surface area contributed by atoms with Crippen molar-refractivity contribution in [3.05, 3.63) is 47.3 Å². The Bertz CT molecular complexity index is 1110. The number of hydrogen-bond donors (Lipinski definition) is 3. The van der Waals surface area contributed by atoms with Gasteiger partial charge in [-0.25, -0.2) is 9.97 Å². The monoisotopic (exact) mass is 417 g/mol. The summed E-state index contributed by atoms with van der Waals surface area (Å²) in [6.07, 6.45) is 10.3. The molecule has 0 aliphatic rings. The maximum atomic E-state index is 12.4. The molecule has 160 valence electrons. The van der Waals surface area contributed by atoms with Crippen LogP contribution in [-0.2, 0) is 6.42 Å². The number of hydrogen-bond acceptors (Lipinski definition) is 7. The summed E-state index contributed by atoms with van der Waals surface area (Å²) in [5.74, 6) is 2.92. The molecule has 0 radical (unpaired) electrons. The van der Waals surface area contributed by atoms with Crippen molar-refractivity contribution in [2.75, 3.05) is 11.5 Å². The third-order valence-corrected chi connectivity index (χ3v) is 5.06. The number of anilines is 2. The average Bonchev–Trinajstić information content (AvgIpc) is 2.74. The molecule has 31 heavy (non-hydrogen) atoms. The van der Waals surface area contributed by atoms with Gasteiger partial charge >= 0.3 is 0 Å². The lowest BCUT2D eigenvalue weighted by atomic mass is 9.91. The lowest BCUT2D eigenvalue weighted by Crippen LogP contribution is -2.32. The molecule has 8 nitrogen and oxygen atoms in total. The van der Waals surface area contributed by atoms with E-state index in [4.69, 9.17) is 17.9 Å². The summed E-state index contributed by atoms with van der Waals surface area (Å²) in [4.78, 5) is 29.3. The van der Waals surface area contributed by atoms with E-state index in [1.165, 1.54) is 0 Å². The minimum atomic E-state index is -0.0730. The number of amides is 1. The minimum Gasteiger partial charge on any atom is -0.382 e. The Morgan fingerprint density at radius 2 is 1.94 bits per heavy atom. The van der Waals surface area contributed by atoms with Crippen LogP contribution in [0.15, 0.2) is 30.5 Å². The number of nitrogens with zero attached hydrogens (tertiary/aromatic N) is 4. The molecular formula is C23H27N7O. The molecule has 0 saturated carbocycles. The highest BCUT2D eigenvalue weighted by molar-refractivity contribution is 5.94. The van der Waals surface area contributed by atoms with E-state index >= 15 is 0 Å². The van der Waals surface area contributed by atoms with Crippen molar-refractivity contribution < 1.29 is 4.79 Å². The third kappa shape index (κ3) is 5.45. The molecule has 0 aliphatic heterocycles. The Hall–Kier alpha value is -3.73. The van der Waals surface area contributed by atoms with Gasteiger partial charge in [-0.05, 0) is 37.5 Å². The van der Waals surface area contributed by atoms with E-state index in [0.29, 0.717) is 29.6 Å². The highest BCUT2D eigenvalue weighted by Crippen LogP contribution is 2.25. The van der Waals surface area contributed by atoms with E-state index in [1.807, 2.05) is 31.2 Å². The highest BCUT2D eigenvalue weighted by Gasteiger charge is 2.16. The predicted octanol–water partition coefficient (Wildman–Crippen LogP) is 2.85. The summed E-state index contributed by atoms with van der Waals surface area (Å²) in [5, 5.41) is 3.01. The Morgan fingerprint density at radius 1 is 1.19 bits per heavy atom. The first-order chi connectivity index (χ1) is 14.9. The summed E-state index contributed by atoms with van der Waals surface area (Å²) in [7, 11) is 0. The van der Waals surface area contributed by atoms with Crippen LogP contribution in [0, 0.1) is 12.3 Å². The van der Waals surface area contributed by atoms with Crippen LogP contribution in [0.4, 0.5) is 11.8 Å². The van der Waals surface area contributed by atoms with Gasteiger partial charge in [0, 0.05) is 23.9 Å². The van der Waals surface area contributed by atoms with E-state index in [1.54, 1.807) is 6.20 Å². The average molecular weight is 418 g/mol. The maximum absolute atomic E-state index is 12.4. The Kier molecular flexibility index (Phi) is 6.98. The molecule has 1 unspecified atom stereocenters. The van der Waals surface area contributed by atoms with Gasteiger partial charge in [0.25, 0.3) is 5.91 Å². The maximum Gasteiger partial charge on any atom is 0.251 e. The minimum absolute atomic E-state index is 0.0174. The SMILES string of the molecule is C#CCC(Cc1cnc2nc(N)nc(N)c2n1)c1ccc(C(=O)N[C@@H](C)CCC)cc1. The zero-order valence-corrected chi connectivity index (χ0v) is 17.8. The standard InChI is InChI=1S/C23H27N7O/c1-4-6-14(3)27-22(31)16-10-8-15(9-11-16)17(7-5-2)12-18-13-26-21-19(28-18)20(24)29-23(25)30-21/h2,8-11,13-14,17H,4,6-7,12H2,1,3H3,(H,27,31)(H4,24,25,26,29,30)/t14-,17?/m0/s1. The number of rotatable bonds is 8. The largest absolute Gasteiger partial charge is 0.382 e. The van der Waals surface area contributed by atoms with Crippen molar-refractivity contribution in [1.29, 1.82) is 0 Å². The number of nitrogens with one attached hydrogen (secondary N) is 1. The van der Waals surface area contributed by atoms with Crippen molar-refractivity contribution in [2.45, 2.75) is 51.5 Å². The van der Waals surface area contributed by atoms with Crippen LogP contribution in [0.25, 0.3) is 11.2 Å². The summed E-state index contributed by atoms with van der Waals surface area (Å²) in [6, 6.07) is 7.67. The summed E-state index contributed by atoms with van der Waals surface area (Å²) in [5.41, 5.74) is 14.7. The molecule has 0 fully saturated rings. The second-order valence-corrected chi connectivity index (χ2v) is 7.60. The van der Waals surface area contributed by atoms with Crippen molar-refractivity contribution in [3.8, 4) is 12.3 Å². The zero-order chi connectivity index (χ0) is 22.4. The first-order valence-electron chi connectivity index (χ1n) is 10.3. The number of nitrogens with two attached hydrogens (primary N) is 2. The van der Waals surface area contributed by atoms with E-state index in [2.05, 4.69) is 38.1 Å². The van der Waals surface area contributed by atoms with Crippen LogP contribution in [0.3, 0.4) is 0 Å². The second kappa shape index (κ2) is 9.85. The fraction of sp³-hybridized carbons (Fsp3) is 0.348. The molecule has 1 aromatic carbocycles. The summed E-state index contributed by atoms with van der Waals surface area (Å²) in [6.45, 7) is 4.11. The number of benzene rings is 1. The molecule has 3 rings (SSSR count). The molecule has 8 heteroatoms. The van der Waals surface area contributed by atoms with Crippen LogP contribution in [0.5, 0.6) is 0 Å². The normalized spacial score (nSPS) is 12.8. The molecule has 5 N–H and O–H groups in total. The van der Waals surface area contributed by atoms with Crippen molar-refractivity contribution in [2.24, 2.45) is 0 Å². The Labute approximate surface area is 181 Å². The highest BCUT2D eigenvalue weighted by atomic mass is 16.1. The number of fused-ring (bicyclic) bond motifs is 1. The Balaban J connectivity index is 1.78. The topological polar surface area (TPSA) is 133 Å². The van der Waals surface area contributed by atoms with Crippen molar-refractivity contribution in [1.82, 2.24) is 25.3 Å². The molecule has 3 aromatic rings.